The predicted molar refractivity (Wildman–Crippen MR) is 110 cm³/mol. The summed E-state index contributed by atoms with van der Waals surface area (Å²) in [7, 11) is 0. The molecule has 2 N–H and O–H groups in total. The number of ether oxygens (including phenoxy) is 1. The zero-order valence-electron chi connectivity index (χ0n) is 15.9. The number of rotatable bonds is 9. The third kappa shape index (κ3) is 5.54. The van der Waals surface area contributed by atoms with Crippen LogP contribution in [-0.2, 0) is 6.42 Å². The van der Waals surface area contributed by atoms with Gasteiger partial charge in [-0.2, -0.15) is 0 Å². The number of anilines is 2. The predicted octanol–water partition coefficient (Wildman–Crippen LogP) is 3.98. The Morgan fingerprint density at radius 3 is 2.64 bits per heavy atom. The number of hydrogen-bond donors (Lipinski definition) is 2. The minimum Gasteiger partial charge on any atom is -0.492 e. The lowest BCUT2D eigenvalue weighted by Crippen LogP contribution is -2.26. The maximum absolute atomic E-state index is 12.4. The Bertz CT molecular complexity index is 900. The Kier molecular flexibility index (Phi) is 6.95. The minimum absolute atomic E-state index is 0.211. The summed E-state index contributed by atoms with van der Waals surface area (Å²) in [5.41, 5.74) is 2.34. The smallest absolute Gasteiger partial charge is 0.270 e. The molecule has 0 aliphatic rings. The number of aryl methyl sites for hydroxylation is 1. The van der Waals surface area contributed by atoms with Crippen molar-refractivity contribution in [3.05, 3.63) is 78.1 Å². The third-order valence-electron chi connectivity index (χ3n) is 4.09. The fourth-order valence-corrected chi connectivity index (χ4v) is 2.75. The first-order valence-corrected chi connectivity index (χ1v) is 9.40. The van der Waals surface area contributed by atoms with Gasteiger partial charge in [-0.3, -0.25) is 4.79 Å². The van der Waals surface area contributed by atoms with Gasteiger partial charge in [-0.15, -0.1) is 0 Å². The van der Waals surface area contributed by atoms with Gasteiger partial charge in [0.25, 0.3) is 5.91 Å². The molecule has 1 aromatic heterocycles. The van der Waals surface area contributed by atoms with Gasteiger partial charge in [-0.25, -0.2) is 9.97 Å². The fourth-order valence-electron chi connectivity index (χ4n) is 2.75. The van der Waals surface area contributed by atoms with Gasteiger partial charge in [0.15, 0.2) is 0 Å². The topological polar surface area (TPSA) is 76.1 Å². The van der Waals surface area contributed by atoms with Gasteiger partial charge in [-0.05, 0) is 43.5 Å². The van der Waals surface area contributed by atoms with Crippen LogP contribution in [0.3, 0.4) is 0 Å². The molecule has 6 heteroatoms. The van der Waals surface area contributed by atoms with Crippen molar-refractivity contribution in [3.63, 3.8) is 0 Å². The van der Waals surface area contributed by atoms with Crippen molar-refractivity contribution in [2.75, 3.05) is 18.5 Å². The first kappa shape index (κ1) is 19.4. The molecule has 6 nitrogen and oxygen atoms in total. The van der Waals surface area contributed by atoms with Gasteiger partial charge in [0.2, 0.25) is 5.95 Å². The van der Waals surface area contributed by atoms with Crippen LogP contribution in [0.4, 0.5) is 11.6 Å². The second kappa shape index (κ2) is 10.1. The zero-order valence-corrected chi connectivity index (χ0v) is 15.9. The molecular formula is C22H24N4O2. The second-order valence-electron chi connectivity index (χ2n) is 6.16. The van der Waals surface area contributed by atoms with Crippen LogP contribution in [0.15, 0.2) is 66.9 Å². The van der Waals surface area contributed by atoms with E-state index >= 15 is 0 Å². The first-order valence-electron chi connectivity index (χ1n) is 9.40. The summed E-state index contributed by atoms with van der Waals surface area (Å²) in [4.78, 5) is 20.9. The highest BCUT2D eigenvalue weighted by Gasteiger charge is 2.10. The fraction of sp³-hybridized carbons (Fsp3) is 0.227. The summed E-state index contributed by atoms with van der Waals surface area (Å²) in [6.07, 6.45) is 3.36. The van der Waals surface area contributed by atoms with Gasteiger partial charge < -0.3 is 15.4 Å². The monoisotopic (exact) mass is 376 g/mol. The summed E-state index contributed by atoms with van der Waals surface area (Å²) in [6, 6.07) is 19.4. The molecule has 0 bridgehead atoms. The molecule has 3 rings (SSSR count). The second-order valence-corrected chi connectivity index (χ2v) is 6.16. The first-order chi connectivity index (χ1) is 13.8. The normalized spacial score (nSPS) is 10.3. The molecule has 0 saturated carbocycles. The summed E-state index contributed by atoms with van der Waals surface area (Å²) in [6.45, 7) is 3.08. The SMILES string of the molecule is CCOc1ccccc1Nc1nccc(C(=O)NCCCc2ccccc2)n1. The Hall–Kier alpha value is -3.41. The van der Waals surface area contributed by atoms with Crippen LogP contribution in [0.25, 0.3) is 0 Å². The van der Waals surface area contributed by atoms with Crippen molar-refractivity contribution >= 4 is 17.5 Å². The van der Waals surface area contributed by atoms with E-state index in [1.807, 2.05) is 49.4 Å². The van der Waals surface area contributed by atoms with Crippen molar-refractivity contribution in [2.45, 2.75) is 19.8 Å². The van der Waals surface area contributed by atoms with Gasteiger partial charge >= 0.3 is 0 Å². The van der Waals surface area contributed by atoms with E-state index in [0.717, 1.165) is 18.5 Å². The van der Waals surface area contributed by atoms with E-state index in [0.29, 0.717) is 30.5 Å². The van der Waals surface area contributed by atoms with Crippen LogP contribution < -0.4 is 15.4 Å². The largest absolute Gasteiger partial charge is 0.492 e. The number of nitrogens with one attached hydrogen (secondary N) is 2. The number of nitrogens with zero attached hydrogens (tertiary/aromatic N) is 2. The highest BCUT2D eigenvalue weighted by atomic mass is 16.5. The van der Waals surface area contributed by atoms with Crippen LogP contribution in [0.1, 0.15) is 29.4 Å². The summed E-state index contributed by atoms with van der Waals surface area (Å²) < 4.78 is 5.59. The molecule has 0 saturated heterocycles. The van der Waals surface area contributed by atoms with E-state index in [1.54, 1.807) is 12.3 Å². The van der Waals surface area contributed by atoms with Gasteiger partial charge in [-0.1, -0.05) is 42.5 Å². The van der Waals surface area contributed by atoms with Crippen molar-refractivity contribution in [1.82, 2.24) is 15.3 Å². The van der Waals surface area contributed by atoms with Gasteiger partial charge in [0, 0.05) is 12.7 Å². The number of benzene rings is 2. The van der Waals surface area contributed by atoms with E-state index in [-0.39, 0.29) is 5.91 Å². The highest BCUT2D eigenvalue weighted by molar-refractivity contribution is 5.92. The van der Waals surface area contributed by atoms with Crippen molar-refractivity contribution in [2.24, 2.45) is 0 Å². The summed E-state index contributed by atoms with van der Waals surface area (Å²) >= 11 is 0. The molecule has 28 heavy (non-hydrogen) atoms. The van der Waals surface area contributed by atoms with E-state index in [1.165, 1.54) is 5.56 Å². The lowest BCUT2D eigenvalue weighted by atomic mass is 10.1. The average molecular weight is 376 g/mol. The molecule has 0 fully saturated rings. The van der Waals surface area contributed by atoms with Crippen LogP contribution in [0, 0.1) is 0 Å². The standard InChI is InChI=1S/C22H24N4O2/c1-2-28-20-13-7-6-12-18(20)25-22-24-16-14-19(26-22)21(27)23-15-8-11-17-9-4-3-5-10-17/h3-7,9-10,12-14,16H,2,8,11,15H2,1H3,(H,23,27)(H,24,25,26). The zero-order chi connectivity index (χ0) is 19.6. The number of carbonyl (C=O) groups is 1. The van der Waals surface area contributed by atoms with E-state index in [9.17, 15) is 4.79 Å². The minimum atomic E-state index is -0.211. The molecule has 1 amide bonds. The molecule has 3 aromatic rings. The van der Waals surface area contributed by atoms with Crippen LogP contribution >= 0.6 is 0 Å². The number of hydrogen-bond acceptors (Lipinski definition) is 5. The number of para-hydroxylation sites is 2. The lowest BCUT2D eigenvalue weighted by Gasteiger charge is -2.11. The maximum atomic E-state index is 12.4. The number of amides is 1. The molecule has 0 aliphatic heterocycles. The Morgan fingerprint density at radius 1 is 1.04 bits per heavy atom. The van der Waals surface area contributed by atoms with Gasteiger partial charge in [0.05, 0.1) is 12.3 Å². The molecule has 0 atom stereocenters. The van der Waals surface area contributed by atoms with Crippen molar-refractivity contribution in [3.8, 4) is 5.75 Å². The summed E-state index contributed by atoms with van der Waals surface area (Å²) in [5.74, 6) is 0.852. The Labute approximate surface area is 165 Å². The third-order valence-corrected chi connectivity index (χ3v) is 4.09. The average Bonchev–Trinajstić information content (AvgIpc) is 2.74. The van der Waals surface area contributed by atoms with Crippen molar-refractivity contribution in [1.29, 1.82) is 0 Å². The van der Waals surface area contributed by atoms with E-state index < -0.39 is 0 Å². The number of carbonyl (C=O) groups excluding carboxylic acids is 1. The molecule has 2 aromatic carbocycles. The van der Waals surface area contributed by atoms with Gasteiger partial charge in [0.1, 0.15) is 11.4 Å². The van der Waals surface area contributed by atoms with Crippen molar-refractivity contribution < 1.29 is 9.53 Å². The van der Waals surface area contributed by atoms with Crippen LogP contribution in [-0.4, -0.2) is 29.0 Å². The molecule has 0 aliphatic carbocycles. The molecular weight excluding hydrogens is 352 g/mol. The van der Waals surface area contributed by atoms with Crippen LogP contribution in [0.2, 0.25) is 0 Å². The molecule has 0 radical (unpaired) electrons. The lowest BCUT2D eigenvalue weighted by molar-refractivity contribution is 0.0948. The number of aromatic nitrogens is 2. The molecule has 0 unspecified atom stereocenters. The molecule has 144 valence electrons. The Morgan fingerprint density at radius 2 is 1.82 bits per heavy atom. The Balaban J connectivity index is 1.56. The molecule has 0 spiro atoms. The van der Waals surface area contributed by atoms with E-state index in [4.69, 9.17) is 4.74 Å². The maximum Gasteiger partial charge on any atom is 0.270 e. The van der Waals surface area contributed by atoms with E-state index in [2.05, 4.69) is 32.7 Å². The quantitative estimate of drug-likeness (QED) is 0.553. The molecule has 1 heterocycles. The summed E-state index contributed by atoms with van der Waals surface area (Å²) in [5, 5.41) is 6.02. The highest BCUT2D eigenvalue weighted by Crippen LogP contribution is 2.25. The van der Waals surface area contributed by atoms with Crippen LogP contribution in [0.5, 0.6) is 5.75 Å².